The highest BCUT2D eigenvalue weighted by Crippen LogP contribution is 2.33. The van der Waals surface area contributed by atoms with E-state index < -0.39 is 0 Å². The van der Waals surface area contributed by atoms with Crippen LogP contribution in [-0.4, -0.2) is 28.7 Å². The Bertz CT molecular complexity index is 519. The fourth-order valence-electron chi connectivity index (χ4n) is 3.06. The van der Waals surface area contributed by atoms with Crippen molar-refractivity contribution >= 4 is 0 Å². The monoisotopic (exact) mass is 255 g/mol. The van der Waals surface area contributed by atoms with E-state index in [1.807, 2.05) is 12.4 Å². The van der Waals surface area contributed by atoms with Gasteiger partial charge in [0, 0.05) is 18.8 Å². The summed E-state index contributed by atoms with van der Waals surface area (Å²) in [5.41, 5.74) is 4.35. The minimum Gasteiger partial charge on any atom is -0.299 e. The molecular formula is C16H21N3. The van der Waals surface area contributed by atoms with Crippen LogP contribution < -0.4 is 0 Å². The van der Waals surface area contributed by atoms with E-state index in [-0.39, 0.29) is 0 Å². The van der Waals surface area contributed by atoms with Crippen LogP contribution in [0.5, 0.6) is 0 Å². The van der Waals surface area contributed by atoms with Crippen molar-refractivity contribution in [3.63, 3.8) is 0 Å². The molecule has 0 saturated heterocycles. The summed E-state index contributed by atoms with van der Waals surface area (Å²) in [7, 11) is 2.24. The number of nitrogens with one attached hydrogen (secondary N) is 1. The number of hydrogen-bond acceptors (Lipinski definition) is 2. The molecule has 0 unspecified atom stereocenters. The molecule has 0 spiro atoms. The molecule has 0 saturated carbocycles. The van der Waals surface area contributed by atoms with Gasteiger partial charge in [-0.25, -0.2) is 0 Å². The summed E-state index contributed by atoms with van der Waals surface area (Å²) in [6.07, 6.45) is 8.79. The van der Waals surface area contributed by atoms with Crippen LogP contribution in [-0.2, 0) is 12.8 Å². The Hall–Kier alpha value is -1.61. The van der Waals surface area contributed by atoms with Gasteiger partial charge in [-0.05, 0) is 49.4 Å². The second-order valence-electron chi connectivity index (χ2n) is 5.44. The largest absolute Gasteiger partial charge is 0.299 e. The molecule has 0 radical (unpaired) electrons. The average molecular weight is 255 g/mol. The molecule has 1 aromatic heterocycles. The molecule has 3 nitrogen and oxygen atoms in total. The highest BCUT2D eigenvalue weighted by Gasteiger charge is 2.22. The molecule has 1 atom stereocenters. The minimum absolute atomic E-state index is 0.580. The van der Waals surface area contributed by atoms with Gasteiger partial charge in [0.2, 0.25) is 0 Å². The topological polar surface area (TPSA) is 31.9 Å². The van der Waals surface area contributed by atoms with E-state index >= 15 is 0 Å². The number of aromatic nitrogens is 2. The molecule has 1 aliphatic rings. The van der Waals surface area contributed by atoms with Crippen molar-refractivity contribution in [1.82, 2.24) is 15.1 Å². The molecule has 1 heterocycles. The summed E-state index contributed by atoms with van der Waals surface area (Å²) >= 11 is 0. The van der Waals surface area contributed by atoms with Gasteiger partial charge in [0.1, 0.15) is 0 Å². The zero-order chi connectivity index (χ0) is 13.1. The van der Waals surface area contributed by atoms with Crippen molar-refractivity contribution < 1.29 is 0 Å². The molecule has 1 aliphatic carbocycles. The Morgan fingerprint density at radius 2 is 2.26 bits per heavy atom. The fourth-order valence-corrected chi connectivity index (χ4v) is 3.06. The first-order valence-corrected chi connectivity index (χ1v) is 7.10. The third kappa shape index (κ3) is 2.71. The van der Waals surface area contributed by atoms with Crippen molar-refractivity contribution in [2.24, 2.45) is 0 Å². The van der Waals surface area contributed by atoms with Crippen LogP contribution in [0.4, 0.5) is 0 Å². The van der Waals surface area contributed by atoms with Gasteiger partial charge < -0.3 is 0 Å². The van der Waals surface area contributed by atoms with E-state index in [2.05, 4.69) is 46.4 Å². The fraction of sp³-hybridized carbons (Fsp3) is 0.438. The third-order valence-electron chi connectivity index (χ3n) is 4.18. The first-order chi connectivity index (χ1) is 9.34. The zero-order valence-corrected chi connectivity index (χ0v) is 11.5. The molecule has 0 aliphatic heterocycles. The number of aryl methyl sites for hydroxylation is 1. The summed E-state index contributed by atoms with van der Waals surface area (Å²) in [6, 6.07) is 9.49. The number of fused-ring (bicyclic) bond motifs is 1. The molecule has 0 bridgehead atoms. The summed E-state index contributed by atoms with van der Waals surface area (Å²) in [6.45, 7) is 1.08. The number of likely N-dealkylation sites (N-methyl/N-ethyl adjacent to an activating group) is 1. The van der Waals surface area contributed by atoms with Gasteiger partial charge in [-0.3, -0.25) is 10.00 Å². The van der Waals surface area contributed by atoms with Crippen molar-refractivity contribution in [3.05, 3.63) is 53.3 Å². The van der Waals surface area contributed by atoms with E-state index in [4.69, 9.17) is 0 Å². The van der Waals surface area contributed by atoms with Crippen LogP contribution in [0, 0.1) is 0 Å². The predicted octanol–water partition coefficient (Wildman–Crippen LogP) is 2.96. The Kier molecular flexibility index (Phi) is 3.65. The third-order valence-corrected chi connectivity index (χ3v) is 4.18. The van der Waals surface area contributed by atoms with Gasteiger partial charge in [-0.15, -0.1) is 0 Å². The van der Waals surface area contributed by atoms with E-state index in [1.54, 1.807) is 0 Å². The molecule has 0 fully saturated rings. The molecule has 0 amide bonds. The van der Waals surface area contributed by atoms with Crippen LogP contribution in [0.1, 0.15) is 35.6 Å². The maximum Gasteiger partial charge on any atom is 0.0519 e. The molecular weight excluding hydrogens is 234 g/mol. The van der Waals surface area contributed by atoms with Crippen LogP contribution >= 0.6 is 0 Å². The lowest BCUT2D eigenvalue weighted by Crippen LogP contribution is -2.29. The van der Waals surface area contributed by atoms with Gasteiger partial charge in [0.15, 0.2) is 0 Å². The summed E-state index contributed by atoms with van der Waals surface area (Å²) < 4.78 is 0. The number of H-pyrrole nitrogens is 1. The average Bonchev–Trinajstić information content (AvgIpc) is 2.97. The van der Waals surface area contributed by atoms with Crippen LogP contribution in [0.25, 0.3) is 0 Å². The van der Waals surface area contributed by atoms with Crippen molar-refractivity contribution in [2.75, 3.05) is 13.6 Å². The van der Waals surface area contributed by atoms with Gasteiger partial charge in [0.25, 0.3) is 0 Å². The van der Waals surface area contributed by atoms with E-state index in [9.17, 15) is 0 Å². The lowest BCUT2D eigenvalue weighted by Gasteiger charge is -2.33. The Balaban J connectivity index is 1.69. The number of hydrogen-bond donors (Lipinski definition) is 1. The van der Waals surface area contributed by atoms with Crippen LogP contribution in [0.3, 0.4) is 0 Å². The number of aromatic amines is 1. The van der Waals surface area contributed by atoms with Gasteiger partial charge in [0.05, 0.1) is 6.20 Å². The molecule has 19 heavy (non-hydrogen) atoms. The van der Waals surface area contributed by atoms with Crippen LogP contribution in [0.15, 0.2) is 36.7 Å². The number of rotatable bonds is 4. The SMILES string of the molecule is CN(CCc1cn[nH]c1)[C@@H]1CCCc2ccccc21. The summed E-state index contributed by atoms with van der Waals surface area (Å²) in [5.74, 6) is 0. The lowest BCUT2D eigenvalue weighted by atomic mass is 9.87. The lowest BCUT2D eigenvalue weighted by molar-refractivity contribution is 0.224. The van der Waals surface area contributed by atoms with Crippen molar-refractivity contribution in [1.29, 1.82) is 0 Å². The predicted molar refractivity (Wildman–Crippen MR) is 77.0 cm³/mol. The van der Waals surface area contributed by atoms with Gasteiger partial charge in [-0.2, -0.15) is 5.10 Å². The molecule has 100 valence electrons. The smallest absolute Gasteiger partial charge is 0.0519 e. The number of nitrogens with zero attached hydrogens (tertiary/aromatic N) is 2. The summed E-state index contributed by atoms with van der Waals surface area (Å²) in [5, 5.41) is 6.89. The maximum absolute atomic E-state index is 4.01. The normalized spacial score (nSPS) is 18.5. The Labute approximate surface area is 114 Å². The molecule has 2 aromatic rings. The first-order valence-electron chi connectivity index (χ1n) is 7.10. The first kappa shape index (κ1) is 12.4. The number of benzene rings is 1. The standard InChI is InChI=1S/C16H21N3/c1-19(10-9-13-11-17-18-12-13)16-8-4-6-14-5-2-3-7-15(14)16/h2-3,5,7,11-12,16H,4,6,8-10H2,1H3,(H,17,18)/t16-/m1/s1. The molecule has 3 heteroatoms. The maximum atomic E-state index is 4.01. The Morgan fingerprint density at radius 3 is 3.11 bits per heavy atom. The zero-order valence-electron chi connectivity index (χ0n) is 11.5. The van der Waals surface area contributed by atoms with E-state index in [0.29, 0.717) is 6.04 Å². The van der Waals surface area contributed by atoms with Crippen LogP contribution in [0.2, 0.25) is 0 Å². The summed E-state index contributed by atoms with van der Waals surface area (Å²) in [4.78, 5) is 2.49. The Morgan fingerprint density at radius 1 is 1.37 bits per heavy atom. The van der Waals surface area contributed by atoms with Crippen molar-refractivity contribution in [3.8, 4) is 0 Å². The molecule has 1 N–H and O–H groups in total. The van der Waals surface area contributed by atoms with E-state index in [0.717, 1.165) is 13.0 Å². The van der Waals surface area contributed by atoms with E-state index in [1.165, 1.54) is 36.0 Å². The van der Waals surface area contributed by atoms with Gasteiger partial charge >= 0.3 is 0 Å². The quantitative estimate of drug-likeness (QED) is 0.911. The minimum atomic E-state index is 0.580. The second-order valence-corrected chi connectivity index (χ2v) is 5.44. The van der Waals surface area contributed by atoms with Crippen molar-refractivity contribution in [2.45, 2.75) is 31.7 Å². The van der Waals surface area contributed by atoms with Gasteiger partial charge in [-0.1, -0.05) is 24.3 Å². The highest BCUT2D eigenvalue weighted by molar-refractivity contribution is 5.32. The molecule has 1 aromatic carbocycles. The highest BCUT2D eigenvalue weighted by atomic mass is 15.1. The second kappa shape index (κ2) is 5.57. The molecule has 3 rings (SSSR count).